The number of fused-ring (bicyclic) bond motifs is 1. The first-order valence-electron chi connectivity index (χ1n) is 8.01. The Bertz CT molecular complexity index is 692. The van der Waals surface area contributed by atoms with Gasteiger partial charge in [-0.3, -0.25) is 9.89 Å². The Hall–Kier alpha value is -1.95. The van der Waals surface area contributed by atoms with Crippen molar-refractivity contribution in [2.45, 2.75) is 37.0 Å². The van der Waals surface area contributed by atoms with Crippen molar-refractivity contribution in [1.82, 2.24) is 10.2 Å². The molecule has 4 rings (SSSR count). The lowest BCUT2D eigenvalue weighted by atomic mass is 10.1. The fraction of sp³-hybridized carbons (Fsp3) is 0.412. The van der Waals surface area contributed by atoms with Crippen LogP contribution in [0.3, 0.4) is 0 Å². The molecular weight excluding hydrogens is 310 g/mol. The summed E-state index contributed by atoms with van der Waals surface area (Å²) in [5, 5.41) is 9.89. The molecular formula is C17H19N3O2S. The first-order valence-corrected chi connectivity index (χ1v) is 9.06. The van der Waals surface area contributed by atoms with Gasteiger partial charge in [0.1, 0.15) is 11.6 Å². The molecule has 5 nitrogen and oxygen atoms in total. The van der Waals surface area contributed by atoms with Crippen LogP contribution in [0.25, 0.3) is 0 Å². The van der Waals surface area contributed by atoms with E-state index in [1.54, 1.807) is 18.0 Å². The van der Waals surface area contributed by atoms with Crippen LogP contribution in [0.2, 0.25) is 0 Å². The molecule has 0 saturated heterocycles. The van der Waals surface area contributed by atoms with Gasteiger partial charge >= 0.3 is 0 Å². The molecule has 1 aliphatic carbocycles. The van der Waals surface area contributed by atoms with Gasteiger partial charge < -0.3 is 10.1 Å². The van der Waals surface area contributed by atoms with Crippen LogP contribution < -0.4 is 10.1 Å². The third-order valence-electron chi connectivity index (χ3n) is 4.38. The van der Waals surface area contributed by atoms with Crippen molar-refractivity contribution in [2.75, 3.05) is 11.1 Å². The summed E-state index contributed by atoms with van der Waals surface area (Å²) >= 11 is 1.62. The number of amides is 1. The molecule has 2 aliphatic rings. The molecule has 0 spiro atoms. The molecule has 1 aliphatic heterocycles. The minimum atomic E-state index is 0.00388. The number of thioether (sulfide) groups is 1. The largest absolute Gasteiger partial charge is 0.490 e. The number of carbonyl (C=O) groups excluding carboxylic acids is 1. The number of ether oxygens (including phenoxy) is 1. The number of aromatic amines is 1. The lowest BCUT2D eigenvalue weighted by Crippen LogP contribution is -2.12. The number of rotatable bonds is 3. The third-order valence-corrected chi connectivity index (χ3v) is 5.67. The molecule has 1 aromatic heterocycles. The molecule has 1 saturated carbocycles. The number of anilines is 1. The number of hydrogen-bond acceptors (Lipinski definition) is 4. The van der Waals surface area contributed by atoms with E-state index in [0.29, 0.717) is 17.7 Å². The smallest absolute Gasteiger partial charge is 0.235 e. The van der Waals surface area contributed by atoms with Crippen LogP contribution in [0.5, 0.6) is 5.75 Å². The molecule has 6 heteroatoms. The zero-order valence-electron chi connectivity index (χ0n) is 12.7. The lowest BCUT2D eigenvalue weighted by molar-refractivity contribution is -0.113. The molecule has 1 amide bonds. The first-order chi connectivity index (χ1) is 11.3. The zero-order valence-corrected chi connectivity index (χ0v) is 13.6. The number of carbonyl (C=O) groups is 1. The van der Waals surface area contributed by atoms with E-state index < -0.39 is 0 Å². The van der Waals surface area contributed by atoms with Crippen molar-refractivity contribution in [1.29, 1.82) is 0 Å². The SMILES string of the molecule is O=C1CS[C@H](c2ccc(OC3CCCC3)cc2)c2cn[nH]c2N1. The van der Waals surface area contributed by atoms with Gasteiger partial charge in [-0.25, -0.2) is 0 Å². The van der Waals surface area contributed by atoms with Gasteiger partial charge in [0, 0.05) is 5.56 Å². The minimum absolute atomic E-state index is 0.00388. The molecule has 0 unspecified atom stereocenters. The average Bonchev–Trinajstić information content (AvgIpc) is 3.19. The van der Waals surface area contributed by atoms with E-state index in [0.717, 1.165) is 29.7 Å². The summed E-state index contributed by atoms with van der Waals surface area (Å²) in [5.41, 5.74) is 2.18. The topological polar surface area (TPSA) is 67.0 Å². The minimum Gasteiger partial charge on any atom is -0.490 e. The van der Waals surface area contributed by atoms with Crippen molar-refractivity contribution in [3.63, 3.8) is 0 Å². The second-order valence-corrected chi connectivity index (χ2v) is 7.13. The maximum atomic E-state index is 11.8. The fourth-order valence-electron chi connectivity index (χ4n) is 3.21. The predicted octanol–water partition coefficient (Wildman–Crippen LogP) is 3.51. The normalized spacial score (nSPS) is 21.6. The summed E-state index contributed by atoms with van der Waals surface area (Å²) in [6.45, 7) is 0. The molecule has 2 heterocycles. The van der Waals surface area contributed by atoms with E-state index >= 15 is 0 Å². The zero-order chi connectivity index (χ0) is 15.6. The number of benzene rings is 1. The molecule has 1 atom stereocenters. The maximum Gasteiger partial charge on any atom is 0.235 e. The van der Waals surface area contributed by atoms with Gasteiger partial charge in [0.2, 0.25) is 5.91 Å². The first kappa shape index (κ1) is 14.6. The van der Waals surface area contributed by atoms with Crippen LogP contribution in [0.1, 0.15) is 42.1 Å². The van der Waals surface area contributed by atoms with Crippen molar-refractivity contribution >= 4 is 23.5 Å². The highest BCUT2D eigenvalue weighted by Gasteiger charge is 2.25. The van der Waals surface area contributed by atoms with Crippen molar-refractivity contribution < 1.29 is 9.53 Å². The molecule has 2 aromatic rings. The summed E-state index contributed by atoms with van der Waals surface area (Å²) < 4.78 is 6.02. The maximum absolute atomic E-state index is 11.8. The second-order valence-electron chi connectivity index (χ2n) is 6.03. The van der Waals surface area contributed by atoms with Crippen molar-refractivity contribution in [3.05, 3.63) is 41.6 Å². The summed E-state index contributed by atoms with van der Waals surface area (Å²) in [7, 11) is 0. The molecule has 120 valence electrons. The van der Waals surface area contributed by atoms with E-state index in [1.807, 2.05) is 12.1 Å². The number of aromatic nitrogens is 2. The average molecular weight is 329 g/mol. The molecule has 1 aromatic carbocycles. The number of nitrogens with zero attached hydrogens (tertiary/aromatic N) is 1. The molecule has 2 N–H and O–H groups in total. The van der Waals surface area contributed by atoms with E-state index in [-0.39, 0.29) is 11.2 Å². The van der Waals surface area contributed by atoms with Crippen LogP contribution >= 0.6 is 11.8 Å². The van der Waals surface area contributed by atoms with Crippen LogP contribution in [-0.4, -0.2) is 28.0 Å². The highest BCUT2D eigenvalue weighted by Crippen LogP contribution is 2.40. The lowest BCUT2D eigenvalue weighted by Gasteiger charge is -2.16. The van der Waals surface area contributed by atoms with Crippen LogP contribution in [-0.2, 0) is 4.79 Å². The monoisotopic (exact) mass is 329 g/mol. The summed E-state index contributed by atoms with van der Waals surface area (Å²) in [5.74, 6) is 2.08. The Balaban J connectivity index is 1.55. The summed E-state index contributed by atoms with van der Waals surface area (Å²) in [4.78, 5) is 11.8. The van der Waals surface area contributed by atoms with Gasteiger partial charge in [0.05, 0.1) is 23.3 Å². The van der Waals surface area contributed by atoms with E-state index in [1.165, 1.54) is 12.8 Å². The standard InChI is InChI=1S/C17H19N3O2S/c21-15-10-23-16(14-9-18-20-17(14)19-15)11-5-7-13(8-6-11)22-12-3-1-2-4-12/h5-9,12,16H,1-4,10H2,(H2,18,19,20,21)/t16-/m1/s1. The molecule has 0 radical (unpaired) electrons. The predicted molar refractivity (Wildman–Crippen MR) is 90.8 cm³/mol. The van der Waals surface area contributed by atoms with Gasteiger partial charge in [-0.15, -0.1) is 11.8 Å². The van der Waals surface area contributed by atoms with Crippen LogP contribution in [0.4, 0.5) is 5.82 Å². The third kappa shape index (κ3) is 3.08. The highest BCUT2D eigenvalue weighted by molar-refractivity contribution is 8.00. The number of H-pyrrole nitrogens is 1. The Kier molecular flexibility index (Phi) is 3.99. The molecule has 23 heavy (non-hydrogen) atoms. The Morgan fingerprint density at radius 2 is 1.96 bits per heavy atom. The number of nitrogens with one attached hydrogen (secondary N) is 2. The molecule has 1 fully saturated rings. The van der Waals surface area contributed by atoms with Gasteiger partial charge in [-0.2, -0.15) is 5.10 Å². The van der Waals surface area contributed by atoms with Gasteiger partial charge in [-0.05, 0) is 43.4 Å². The fourth-order valence-corrected chi connectivity index (χ4v) is 4.31. The van der Waals surface area contributed by atoms with Crippen molar-refractivity contribution in [2.24, 2.45) is 0 Å². The highest BCUT2D eigenvalue weighted by atomic mass is 32.2. The van der Waals surface area contributed by atoms with Crippen LogP contribution in [0.15, 0.2) is 30.5 Å². The molecule has 0 bridgehead atoms. The van der Waals surface area contributed by atoms with E-state index in [4.69, 9.17) is 4.74 Å². The second kappa shape index (κ2) is 6.28. The quantitative estimate of drug-likeness (QED) is 0.904. The van der Waals surface area contributed by atoms with E-state index in [9.17, 15) is 4.79 Å². The van der Waals surface area contributed by atoms with Gasteiger partial charge in [0.15, 0.2) is 0 Å². The van der Waals surface area contributed by atoms with Crippen LogP contribution in [0, 0.1) is 0 Å². The Morgan fingerprint density at radius 1 is 1.17 bits per heavy atom. The Labute approximate surface area is 139 Å². The van der Waals surface area contributed by atoms with Gasteiger partial charge in [-0.1, -0.05) is 12.1 Å². The van der Waals surface area contributed by atoms with Gasteiger partial charge in [0.25, 0.3) is 0 Å². The number of hydrogen-bond donors (Lipinski definition) is 2. The van der Waals surface area contributed by atoms with Crippen molar-refractivity contribution in [3.8, 4) is 5.75 Å². The summed E-state index contributed by atoms with van der Waals surface area (Å²) in [6.07, 6.45) is 7.02. The summed E-state index contributed by atoms with van der Waals surface area (Å²) in [6, 6.07) is 8.26. The Morgan fingerprint density at radius 3 is 2.74 bits per heavy atom. The van der Waals surface area contributed by atoms with E-state index in [2.05, 4.69) is 27.6 Å².